The molecule has 6 heteroatoms. The molecule has 3 rings (SSSR count). The van der Waals surface area contributed by atoms with Gasteiger partial charge in [-0.2, -0.15) is 0 Å². The maximum atomic E-state index is 12.3. The van der Waals surface area contributed by atoms with E-state index in [9.17, 15) is 4.79 Å². The molecular formula is C24H25ClN2O3. The fourth-order valence-corrected chi connectivity index (χ4v) is 3.09. The maximum absolute atomic E-state index is 12.3. The molecular weight excluding hydrogens is 400 g/mol. The van der Waals surface area contributed by atoms with Crippen LogP contribution in [0.25, 0.3) is 0 Å². The van der Waals surface area contributed by atoms with Crippen LogP contribution in [0.1, 0.15) is 18.1 Å². The molecule has 0 fully saturated rings. The van der Waals surface area contributed by atoms with E-state index in [0.29, 0.717) is 29.7 Å². The molecule has 0 aliphatic rings. The van der Waals surface area contributed by atoms with Gasteiger partial charge in [0, 0.05) is 22.9 Å². The second-order valence-corrected chi connectivity index (χ2v) is 7.17. The lowest BCUT2D eigenvalue weighted by atomic mass is 10.2. The number of aryl methyl sites for hydroxylation is 1. The van der Waals surface area contributed by atoms with Crippen LogP contribution in [0.4, 0.5) is 11.4 Å². The van der Waals surface area contributed by atoms with Gasteiger partial charge in [0.25, 0.3) is 5.91 Å². The number of anilines is 2. The Hall–Kier alpha value is -3.18. The first-order chi connectivity index (χ1) is 14.5. The average molecular weight is 425 g/mol. The highest BCUT2D eigenvalue weighted by Gasteiger charge is 2.10. The lowest BCUT2D eigenvalue weighted by Gasteiger charge is -2.14. The zero-order valence-corrected chi connectivity index (χ0v) is 17.8. The first kappa shape index (κ1) is 21.5. The molecule has 0 bridgehead atoms. The third-order valence-electron chi connectivity index (χ3n) is 4.41. The van der Waals surface area contributed by atoms with E-state index >= 15 is 0 Å². The SMILES string of the molecule is CCOc1cc(CNc2cccc(Cl)c2)ccc1OCC(=O)Nc1ccccc1C. The number of benzene rings is 3. The molecule has 0 aliphatic heterocycles. The van der Waals surface area contributed by atoms with Crippen LogP contribution >= 0.6 is 11.6 Å². The first-order valence-corrected chi connectivity index (χ1v) is 10.2. The number of para-hydroxylation sites is 1. The van der Waals surface area contributed by atoms with E-state index in [4.69, 9.17) is 21.1 Å². The topological polar surface area (TPSA) is 59.6 Å². The number of ether oxygens (including phenoxy) is 2. The monoisotopic (exact) mass is 424 g/mol. The fourth-order valence-electron chi connectivity index (χ4n) is 2.90. The number of nitrogens with one attached hydrogen (secondary N) is 2. The standard InChI is InChI=1S/C24H25ClN2O3/c1-3-29-23-13-18(15-26-20-9-6-8-19(25)14-20)11-12-22(23)30-16-24(28)27-21-10-5-4-7-17(21)2/h4-14,26H,3,15-16H2,1-2H3,(H,27,28). The second-order valence-electron chi connectivity index (χ2n) is 6.73. The van der Waals surface area contributed by atoms with Crippen molar-refractivity contribution < 1.29 is 14.3 Å². The summed E-state index contributed by atoms with van der Waals surface area (Å²) in [5.41, 5.74) is 3.74. The summed E-state index contributed by atoms with van der Waals surface area (Å²) in [6.45, 7) is 4.85. The quantitative estimate of drug-likeness (QED) is 0.464. The van der Waals surface area contributed by atoms with Gasteiger partial charge in [-0.05, 0) is 61.4 Å². The van der Waals surface area contributed by atoms with Crippen LogP contribution in [0.3, 0.4) is 0 Å². The van der Waals surface area contributed by atoms with Crippen molar-refractivity contribution in [2.24, 2.45) is 0 Å². The molecule has 0 radical (unpaired) electrons. The molecule has 5 nitrogen and oxygen atoms in total. The van der Waals surface area contributed by atoms with Crippen molar-refractivity contribution in [2.45, 2.75) is 20.4 Å². The van der Waals surface area contributed by atoms with E-state index in [2.05, 4.69) is 10.6 Å². The predicted molar refractivity (Wildman–Crippen MR) is 122 cm³/mol. The number of carbonyl (C=O) groups is 1. The largest absolute Gasteiger partial charge is 0.490 e. The maximum Gasteiger partial charge on any atom is 0.262 e. The van der Waals surface area contributed by atoms with Crippen LogP contribution in [-0.2, 0) is 11.3 Å². The first-order valence-electron chi connectivity index (χ1n) is 9.78. The Labute approximate surface area is 182 Å². The number of hydrogen-bond acceptors (Lipinski definition) is 4. The van der Waals surface area contributed by atoms with Gasteiger partial charge < -0.3 is 20.1 Å². The van der Waals surface area contributed by atoms with Crippen molar-refractivity contribution in [1.82, 2.24) is 0 Å². The normalized spacial score (nSPS) is 10.4. The van der Waals surface area contributed by atoms with Gasteiger partial charge in [-0.15, -0.1) is 0 Å². The molecule has 0 saturated heterocycles. The predicted octanol–water partition coefficient (Wildman–Crippen LogP) is 5.68. The zero-order valence-electron chi connectivity index (χ0n) is 17.1. The molecule has 156 valence electrons. The van der Waals surface area contributed by atoms with Crippen LogP contribution in [0, 0.1) is 6.92 Å². The van der Waals surface area contributed by atoms with Gasteiger partial charge in [0.2, 0.25) is 0 Å². The molecule has 1 amide bonds. The van der Waals surface area contributed by atoms with Crippen molar-refractivity contribution in [2.75, 3.05) is 23.8 Å². The molecule has 0 unspecified atom stereocenters. The Morgan fingerprint density at radius 2 is 1.80 bits per heavy atom. The highest BCUT2D eigenvalue weighted by molar-refractivity contribution is 6.30. The Balaban J connectivity index is 1.61. The highest BCUT2D eigenvalue weighted by atomic mass is 35.5. The van der Waals surface area contributed by atoms with Crippen LogP contribution in [0.5, 0.6) is 11.5 Å². The minimum atomic E-state index is -0.224. The summed E-state index contributed by atoms with van der Waals surface area (Å²) < 4.78 is 11.4. The van der Waals surface area contributed by atoms with E-state index in [0.717, 1.165) is 22.5 Å². The van der Waals surface area contributed by atoms with Crippen LogP contribution < -0.4 is 20.1 Å². The lowest BCUT2D eigenvalue weighted by molar-refractivity contribution is -0.118. The minimum Gasteiger partial charge on any atom is -0.490 e. The summed E-state index contributed by atoms with van der Waals surface area (Å²) in [5, 5.41) is 6.87. The second kappa shape index (κ2) is 10.6. The molecule has 0 aromatic heterocycles. The summed E-state index contributed by atoms with van der Waals surface area (Å²) in [5.74, 6) is 0.910. The summed E-state index contributed by atoms with van der Waals surface area (Å²) in [7, 11) is 0. The number of carbonyl (C=O) groups excluding carboxylic acids is 1. The molecule has 2 N–H and O–H groups in total. The van der Waals surface area contributed by atoms with Crippen molar-refractivity contribution in [1.29, 1.82) is 0 Å². The number of hydrogen-bond donors (Lipinski definition) is 2. The zero-order chi connectivity index (χ0) is 21.3. The van der Waals surface area contributed by atoms with Gasteiger partial charge in [-0.3, -0.25) is 4.79 Å². The van der Waals surface area contributed by atoms with E-state index in [1.54, 1.807) is 0 Å². The van der Waals surface area contributed by atoms with Gasteiger partial charge in [-0.1, -0.05) is 41.9 Å². The van der Waals surface area contributed by atoms with E-state index in [1.807, 2.05) is 80.6 Å². The van der Waals surface area contributed by atoms with Crippen molar-refractivity contribution in [3.8, 4) is 11.5 Å². The Morgan fingerprint density at radius 1 is 0.967 bits per heavy atom. The number of rotatable bonds is 9. The third kappa shape index (κ3) is 6.16. The van der Waals surface area contributed by atoms with Gasteiger partial charge >= 0.3 is 0 Å². The number of halogens is 1. The minimum absolute atomic E-state index is 0.103. The van der Waals surface area contributed by atoms with Crippen LogP contribution in [0.15, 0.2) is 66.7 Å². The van der Waals surface area contributed by atoms with Crippen LogP contribution in [-0.4, -0.2) is 19.1 Å². The number of amides is 1. The molecule has 0 spiro atoms. The summed E-state index contributed by atoms with van der Waals surface area (Å²) in [6.07, 6.45) is 0. The molecule has 0 saturated carbocycles. The highest BCUT2D eigenvalue weighted by Crippen LogP contribution is 2.29. The van der Waals surface area contributed by atoms with E-state index in [-0.39, 0.29) is 12.5 Å². The lowest BCUT2D eigenvalue weighted by Crippen LogP contribution is -2.20. The van der Waals surface area contributed by atoms with E-state index < -0.39 is 0 Å². The Kier molecular flexibility index (Phi) is 7.57. The van der Waals surface area contributed by atoms with Crippen molar-refractivity contribution in [3.05, 3.63) is 82.9 Å². The molecule has 30 heavy (non-hydrogen) atoms. The molecule has 0 heterocycles. The molecule has 3 aromatic rings. The van der Waals surface area contributed by atoms with E-state index in [1.165, 1.54) is 0 Å². The average Bonchev–Trinajstić information content (AvgIpc) is 2.73. The van der Waals surface area contributed by atoms with Gasteiger partial charge in [-0.25, -0.2) is 0 Å². The summed E-state index contributed by atoms with van der Waals surface area (Å²) in [4.78, 5) is 12.3. The third-order valence-corrected chi connectivity index (χ3v) is 4.64. The molecule has 0 atom stereocenters. The van der Waals surface area contributed by atoms with Gasteiger partial charge in [0.05, 0.1) is 6.61 Å². The smallest absolute Gasteiger partial charge is 0.262 e. The van der Waals surface area contributed by atoms with Crippen molar-refractivity contribution >= 4 is 28.9 Å². The molecule has 3 aromatic carbocycles. The van der Waals surface area contributed by atoms with Gasteiger partial charge in [0.1, 0.15) is 0 Å². The summed E-state index contributed by atoms with van der Waals surface area (Å²) in [6, 6.07) is 20.9. The Morgan fingerprint density at radius 3 is 2.57 bits per heavy atom. The van der Waals surface area contributed by atoms with Gasteiger partial charge in [0.15, 0.2) is 18.1 Å². The summed E-state index contributed by atoms with van der Waals surface area (Å²) >= 11 is 6.02. The van der Waals surface area contributed by atoms with Crippen molar-refractivity contribution in [3.63, 3.8) is 0 Å². The molecule has 0 aliphatic carbocycles. The Bertz CT molecular complexity index is 1010. The fraction of sp³-hybridized carbons (Fsp3) is 0.208. The van der Waals surface area contributed by atoms with Crippen LogP contribution in [0.2, 0.25) is 5.02 Å².